The van der Waals surface area contributed by atoms with Crippen molar-refractivity contribution in [2.24, 2.45) is 22.2 Å². The summed E-state index contributed by atoms with van der Waals surface area (Å²) in [6, 6.07) is -4.42. The molecule has 0 aromatic carbocycles. The van der Waals surface area contributed by atoms with Crippen LogP contribution in [0, 0.1) is 0 Å². The van der Waals surface area contributed by atoms with Crippen LogP contribution in [0.2, 0.25) is 0 Å². The molecule has 0 radical (unpaired) electrons. The Morgan fingerprint density at radius 3 is 2.37 bits per heavy atom. The molecule has 15 heteroatoms. The molecule has 198 valence electrons. The molecule has 1 saturated heterocycles. The summed E-state index contributed by atoms with van der Waals surface area (Å²) in [7, 11) is 0. The number of nitrogens with one attached hydrogen (secondary N) is 2. The molecule has 35 heavy (non-hydrogen) atoms. The van der Waals surface area contributed by atoms with Gasteiger partial charge < -0.3 is 42.9 Å². The van der Waals surface area contributed by atoms with Crippen LogP contribution in [-0.2, 0) is 24.0 Å². The third-order valence-electron chi connectivity index (χ3n) is 5.35. The van der Waals surface area contributed by atoms with Crippen LogP contribution in [-0.4, -0.2) is 100.0 Å². The summed E-state index contributed by atoms with van der Waals surface area (Å²) in [5.41, 5.74) is 16.1. The average Bonchev–Trinajstić information content (AvgIpc) is 3.27. The normalized spacial score (nSPS) is 17.7. The monoisotopic (exact) mass is 517 g/mol. The van der Waals surface area contributed by atoms with Crippen molar-refractivity contribution in [2.45, 2.75) is 62.7 Å². The summed E-state index contributed by atoms with van der Waals surface area (Å²) in [6.45, 7) is 0.461. The zero-order valence-corrected chi connectivity index (χ0v) is 20.5. The number of carboxylic acids is 2. The molecular weight excluding hydrogens is 482 g/mol. The zero-order valence-electron chi connectivity index (χ0n) is 19.6. The minimum Gasteiger partial charge on any atom is -0.481 e. The Morgan fingerprint density at radius 2 is 1.80 bits per heavy atom. The third kappa shape index (κ3) is 10.4. The molecular formula is C20H35N7O7S. The van der Waals surface area contributed by atoms with Gasteiger partial charge in [0.2, 0.25) is 17.7 Å². The lowest BCUT2D eigenvalue weighted by Crippen LogP contribution is -2.57. The molecule has 1 heterocycles. The number of carbonyl (C=O) groups excluding carboxylic acids is 3. The van der Waals surface area contributed by atoms with Crippen molar-refractivity contribution >= 4 is 47.4 Å². The van der Waals surface area contributed by atoms with Crippen molar-refractivity contribution in [1.82, 2.24) is 15.5 Å². The first-order valence-corrected chi connectivity index (χ1v) is 12.5. The molecule has 1 aliphatic rings. The number of amides is 3. The number of thioether (sulfide) groups is 1. The van der Waals surface area contributed by atoms with Crippen LogP contribution in [0.4, 0.5) is 0 Å². The molecule has 3 amide bonds. The van der Waals surface area contributed by atoms with E-state index in [1.54, 1.807) is 0 Å². The first kappa shape index (κ1) is 30.0. The summed E-state index contributed by atoms with van der Waals surface area (Å²) in [4.78, 5) is 66.0. The standard InChI is InChI=1S/C20H35N7O7S/c1-35-9-6-12(25-16(30)11(21)10-15(28)29)18(32)27-8-3-5-14(27)17(31)26-13(19(33)34)4-2-7-24-20(22)23/h11-14H,2-10,21H2,1H3,(H,25,30)(H,26,31)(H,28,29)(H,33,34)(H4,22,23,24). The summed E-state index contributed by atoms with van der Waals surface area (Å²) in [6.07, 6.45) is 2.75. The van der Waals surface area contributed by atoms with Crippen molar-refractivity contribution in [3.8, 4) is 0 Å². The average molecular weight is 518 g/mol. The van der Waals surface area contributed by atoms with Gasteiger partial charge in [-0.3, -0.25) is 24.2 Å². The van der Waals surface area contributed by atoms with Crippen LogP contribution >= 0.6 is 11.8 Å². The number of aliphatic carboxylic acids is 2. The number of carboxylic acid groups (broad SMARTS) is 2. The first-order chi connectivity index (χ1) is 16.5. The second-order valence-electron chi connectivity index (χ2n) is 8.08. The van der Waals surface area contributed by atoms with Crippen molar-refractivity contribution in [3.63, 3.8) is 0 Å². The largest absolute Gasteiger partial charge is 0.481 e. The fraction of sp³-hybridized carbons (Fsp3) is 0.700. The van der Waals surface area contributed by atoms with Gasteiger partial charge in [-0.1, -0.05) is 0 Å². The number of carbonyl (C=O) groups is 5. The van der Waals surface area contributed by atoms with Crippen LogP contribution in [0.5, 0.6) is 0 Å². The highest BCUT2D eigenvalue weighted by atomic mass is 32.2. The maximum Gasteiger partial charge on any atom is 0.326 e. The van der Waals surface area contributed by atoms with E-state index < -0.39 is 60.2 Å². The molecule has 0 aliphatic carbocycles. The van der Waals surface area contributed by atoms with Crippen molar-refractivity contribution in [1.29, 1.82) is 0 Å². The molecule has 0 aromatic heterocycles. The van der Waals surface area contributed by atoms with E-state index in [9.17, 15) is 29.1 Å². The molecule has 10 N–H and O–H groups in total. The van der Waals surface area contributed by atoms with E-state index in [1.807, 2.05) is 6.26 Å². The maximum absolute atomic E-state index is 13.3. The van der Waals surface area contributed by atoms with E-state index in [4.69, 9.17) is 22.3 Å². The minimum absolute atomic E-state index is 0.0897. The van der Waals surface area contributed by atoms with Crippen molar-refractivity contribution in [2.75, 3.05) is 25.1 Å². The van der Waals surface area contributed by atoms with Crippen molar-refractivity contribution in [3.05, 3.63) is 0 Å². The van der Waals surface area contributed by atoms with Gasteiger partial charge in [0.25, 0.3) is 0 Å². The number of likely N-dealkylation sites (tertiary alicyclic amines) is 1. The molecule has 14 nitrogen and oxygen atoms in total. The Balaban J connectivity index is 2.88. The smallest absolute Gasteiger partial charge is 0.326 e. The predicted octanol–water partition coefficient (Wildman–Crippen LogP) is -2.36. The number of nitrogens with two attached hydrogens (primary N) is 3. The number of nitrogens with zero attached hydrogens (tertiary/aromatic N) is 2. The second kappa shape index (κ2) is 15.0. The zero-order chi connectivity index (χ0) is 26.5. The first-order valence-electron chi connectivity index (χ1n) is 11.1. The molecule has 1 rings (SSSR count). The number of hydrogen-bond acceptors (Lipinski definition) is 8. The van der Waals surface area contributed by atoms with Crippen LogP contribution in [0.15, 0.2) is 4.99 Å². The SMILES string of the molecule is CSCCC(NC(=O)C(N)CC(=O)O)C(=O)N1CCCC1C(=O)NC(CCCN=C(N)N)C(=O)O. The third-order valence-corrected chi connectivity index (χ3v) is 6.00. The van der Waals surface area contributed by atoms with Gasteiger partial charge >= 0.3 is 11.9 Å². The Hall–Kier alpha value is -3.07. The molecule has 0 bridgehead atoms. The van der Waals surface area contributed by atoms with E-state index in [1.165, 1.54) is 16.7 Å². The molecule has 1 fully saturated rings. The number of guanidine groups is 1. The molecule has 0 aromatic rings. The van der Waals surface area contributed by atoms with Gasteiger partial charge in [0.15, 0.2) is 5.96 Å². The second-order valence-corrected chi connectivity index (χ2v) is 9.07. The van der Waals surface area contributed by atoms with Gasteiger partial charge in [0, 0.05) is 13.1 Å². The molecule has 1 aliphatic heterocycles. The summed E-state index contributed by atoms with van der Waals surface area (Å²) in [5.74, 6) is -3.97. The van der Waals surface area contributed by atoms with Crippen LogP contribution in [0.25, 0.3) is 0 Å². The highest BCUT2D eigenvalue weighted by Gasteiger charge is 2.39. The van der Waals surface area contributed by atoms with Crippen LogP contribution < -0.4 is 27.8 Å². The lowest BCUT2D eigenvalue weighted by atomic mass is 10.1. The van der Waals surface area contributed by atoms with Gasteiger partial charge in [0.05, 0.1) is 12.5 Å². The topological polar surface area (TPSA) is 244 Å². The predicted molar refractivity (Wildman–Crippen MR) is 129 cm³/mol. The van der Waals surface area contributed by atoms with Crippen LogP contribution in [0.1, 0.15) is 38.5 Å². The molecule has 0 spiro atoms. The Bertz CT molecular complexity index is 807. The summed E-state index contributed by atoms with van der Waals surface area (Å²) < 4.78 is 0. The molecule has 0 saturated carbocycles. The van der Waals surface area contributed by atoms with Gasteiger partial charge in [-0.15, -0.1) is 0 Å². The van der Waals surface area contributed by atoms with E-state index in [-0.39, 0.29) is 31.9 Å². The van der Waals surface area contributed by atoms with Gasteiger partial charge in [-0.2, -0.15) is 11.8 Å². The summed E-state index contributed by atoms with van der Waals surface area (Å²) >= 11 is 1.45. The number of aliphatic imine (C=N–C) groups is 1. The molecule has 4 atom stereocenters. The molecule has 4 unspecified atom stereocenters. The van der Waals surface area contributed by atoms with E-state index >= 15 is 0 Å². The summed E-state index contributed by atoms with van der Waals surface area (Å²) in [5, 5.41) is 23.3. The quantitative estimate of drug-likeness (QED) is 0.0688. The lowest BCUT2D eigenvalue weighted by Gasteiger charge is -2.30. The Kier molecular flexibility index (Phi) is 12.9. The highest BCUT2D eigenvalue weighted by molar-refractivity contribution is 7.98. The Morgan fingerprint density at radius 1 is 1.11 bits per heavy atom. The number of rotatable bonds is 15. The Labute approximate surface area is 207 Å². The minimum atomic E-state index is -1.33. The van der Waals surface area contributed by atoms with E-state index in [0.29, 0.717) is 25.0 Å². The van der Waals surface area contributed by atoms with Gasteiger partial charge in [0.1, 0.15) is 18.1 Å². The van der Waals surface area contributed by atoms with Gasteiger partial charge in [-0.05, 0) is 44.1 Å². The van der Waals surface area contributed by atoms with E-state index in [2.05, 4.69) is 15.6 Å². The lowest BCUT2D eigenvalue weighted by molar-refractivity contribution is -0.145. The highest BCUT2D eigenvalue weighted by Crippen LogP contribution is 2.20. The number of hydrogen-bond donors (Lipinski definition) is 7. The van der Waals surface area contributed by atoms with Crippen LogP contribution in [0.3, 0.4) is 0 Å². The fourth-order valence-electron chi connectivity index (χ4n) is 3.58. The fourth-order valence-corrected chi connectivity index (χ4v) is 4.06. The maximum atomic E-state index is 13.3. The van der Waals surface area contributed by atoms with Crippen molar-refractivity contribution < 1.29 is 34.2 Å². The van der Waals surface area contributed by atoms with E-state index in [0.717, 1.165) is 0 Å². The van der Waals surface area contributed by atoms with Gasteiger partial charge in [-0.25, -0.2) is 4.79 Å².